The van der Waals surface area contributed by atoms with Crippen molar-refractivity contribution < 1.29 is 45.0 Å². The van der Waals surface area contributed by atoms with Gasteiger partial charge in [0.15, 0.2) is 0 Å². The summed E-state index contributed by atoms with van der Waals surface area (Å²) >= 11 is 19.6. The number of hydrogen-bond donors (Lipinski definition) is 0. The summed E-state index contributed by atoms with van der Waals surface area (Å²) in [6.45, 7) is 28.6. The van der Waals surface area contributed by atoms with Gasteiger partial charge in [-0.15, -0.1) is 4.39 Å². The van der Waals surface area contributed by atoms with Crippen molar-refractivity contribution in [3.8, 4) is 0 Å². The van der Waals surface area contributed by atoms with Gasteiger partial charge in [-0.3, -0.25) is 4.85 Å². The molecular weight excluding hydrogens is 403 g/mol. The molecule has 0 aromatic rings. The maximum absolute atomic E-state index is 12.3. The summed E-state index contributed by atoms with van der Waals surface area (Å²) in [6, 6.07) is 0. The van der Waals surface area contributed by atoms with Crippen molar-refractivity contribution in [1.29, 1.82) is 0 Å². The van der Waals surface area contributed by atoms with Gasteiger partial charge in [0, 0.05) is 29.0 Å². The second kappa shape index (κ2) is 36.4. The van der Waals surface area contributed by atoms with Crippen LogP contribution in [0.3, 0.4) is 0 Å². The molecule has 0 aliphatic carbocycles. The fourth-order valence-corrected chi connectivity index (χ4v) is 0.190. The van der Waals surface area contributed by atoms with E-state index in [2.05, 4.69) is 38.1 Å². The quantitative estimate of drug-likeness (QED) is 0.257. The van der Waals surface area contributed by atoms with Crippen LogP contribution in [0.25, 0.3) is 4.85 Å². The van der Waals surface area contributed by atoms with Crippen LogP contribution in [0.2, 0.25) is 0 Å². The minimum Gasteiger partial charge on any atom is 0 e. The predicted octanol–water partition coefficient (Wildman–Crippen LogP) is 2.95. The van der Waals surface area contributed by atoms with E-state index in [4.69, 9.17) is 76.2 Å². The average molecular weight is 403 g/mol. The maximum atomic E-state index is 12.3. The first-order valence-electron chi connectivity index (χ1n) is 2.66. The summed E-state index contributed by atoms with van der Waals surface area (Å²) in [6.07, 6.45) is 0. The molecule has 0 aliphatic rings. The van der Waals surface area contributed by atoms with Gasteiger partial charge in [-0.2, -0.15) is 0 Å². The molecule has 0 fully saturated rings. The molecule has 0 radical (unpaired) electrons. The Morgan fingerprint density at radius 2 is 0.850 bits per heavy atom. The normalized spacial score (nSPS) is 8.70. The molecule has 0 saturated carbocycles. The van der Waals surface area contributed by atoms with Crippen molar-refractivity contribution in [3.63, 3.8) is 0 Å². The van der Waals surface area contributed by atoms with E-state index in [0.29, 0.717) is 0 Å². The molecule has 0 spiro atoms. The molecule has 0 bridgehead atoms. The van der Waals surface area contributed by atoms with E-state index in [1.807, 2.05) is 0 Å². The third-order valence-corrected chi connectivity index (χ3v) is 1.89. The first-order valence-corrected chi connectivity index (χ1v) is 4.17. The molecule has 1 atom stereocenters. The number of halogens is 5. The van der Waals surface area contributed by atoms with Crippen LogP contribution in [-0.2, 0) is 40.6 Å². The van der Waals surface area contributed by atoms with Crippen molar-refractivity contribution in [2.24, 2.45) is 0 Å². The average Bonchev–Trinajstić information content (AvgIpc) is 2.48. The maximum Gasteiger partial charge on any atom is 0 e. The van der Waals surface area contributed by atoms with Crippen LogP contribution in [-0.4, -0.2) is 9.04 Å². The van der Waals surface area contributed by atoms with Gasteiger partial charge in [0.1, 0.15) is 0 Å². The van der Waals surface area contributed by atoms with Gasteiger partial charge in [0.05, 0.1) is 0 Å². The van der Waals surface area contributed by atoms with Crippen LogP contribution in [0.1, 0.15) is 0 Å². The summed E-state index contributed by atoms with van der Waals surface area (Å²) in [4.78, 5) is 2.24. The van der Waals surface area contributed by atoms with Gasteiger partial charge in [-0.1, -0.05) is 34.8 Å². The SMILES string of the molecule is [C-]#[N+]C(F)(Cl)C(Cl)(Cl)Cl.[C-]#[O+].[C-]#[O+].[C-]#[O+].[C-]#[O+].[C-]#[O+].[Cr]. The third kappa shape index (κ3) is 36.1. The van der Waals surface area contributed by atoms with Crippen LogP contribution < -0.4 is 0 Å². The van der Waals surface area contributed by atoms with Gasteiger partial charge >= 0.3 is 65.6 Å². The van der Waals surface area contributed by atoms with Crippen LogP contribution >= 0.6 is 46.4 Å². The molecule has 108 valence electrons. The molecule has 0 saturated heterocycles. The minimum absolute atomic E-state index is 0. The largest absolute Gasteiger partial charge is 0 e. The first-order chi connectivity index (χ1) is 8.81. The van der Waals surface area contributed by atoms with Gasteiger partial charge < -0.3 is 0 Å². The van der Waals surface area contributed by atoms with E-state index in [9.17, 15) is 4.39 Å². The zero-order valence-electron chi connectivity index (χ0n) is 8.79. The Morgan fingerprint density at radius 3 is 0.850 bits per heavy atom. The zero-order chi connectivity index (χ0) is 17.7. The fraction of sp³-hybridized carbons (Fsp3) is 0.250. The first kappa shape index (κ1) is 42.7. The van der Waals surface area contributed by atoms with E-state index in [-0.39, 0.29) is 17.4 Å². The topological polar surface area (TPSA) is 104 Å². The fourth-order valence-electron chi connectivity index (χ4n) is 0.0634. The summed E-state index contributed by atoms with van der Waals surface area (Å²) in [5, 5.41) is -2.96. The van der Waals surface area contributed by atoms with Crippen LogP contribution in [0.4, 0.5) is 4.39 Å². The summed E-state index contributed by atoms with van der Waals surface area (Å²) in [5.41, 5.74) is 0. The van der Waals surface area contributed by atoms with Gasteiger partial charge in [0.2, 0.25) is 0 Å². The second-order valence-corrected chi connectivity index (χ2v) is 3.93. The van der Waals surface area contributed by atoms with Crippen molar-refractivity contribution >= 4 is 46.4 Å². The van der Waals surface area contributed by atoms with Crippen molar-refractivity contribution in [3.05, 3.63) is 44.7 Å². The van der Waals surface area contributed by atoms with Crippen LogP contribution in [0.15, 0.2) is 0 Å². The van der Waals surface area contributed by atoms with E-state index >= 15 is 0 Å². The zero-order valence-corrected chi connectivity index (χ0v) is 13.1. The van der Waals surface area contributed by atoms with E-state index in [1.54, 1.807) is 0 Å². The van der Waals surface area contributed by atoms with Gasteiger partial charge in [-0.25, -0.2) is 6.57 Å². The molecule has 0 heterocycles. The number of nitrogens with zero attached hydrogens (tertiary/aromatic N) is 1. The Labute approximate surface area is 145 Å². The van der Waals surface area contributed by atoms with Crippen molar-refractivity contribution in [1.82, 2.24) is 0 Å². The molecular formula is C8Cl4CrFNO5. The number of rotatable bonds is 0. The van der Waals surface area contributed by atoms with E-state index in [0.717, 1.165) is 0 Å². The molecule has 6 nitrogen and oxygen atoms in total. The molecule has 0 aromatic carbocycles. The van der Waals surface area contributed by atoms with Crippen molar-refractivity contribution in [2.45, 2.75) is 9.04 Å². The molecule has 0 aliphatic heterocycles. The monoisotopic (exact) mass is 401 g/mol. The Bertz CT molecular complexity index is 294. The molecule has 0 N–H and O–H groups in total. The summed E-state index contributed by atoms with van der Waals surface area (Å²) in [5.74, 6) is 0. The molecule has 0 rings (SSSR count). The second-order valence-electron chi connectivity index (χ2n) is 1.15. The molecule has 1 unspecified atom stereocenters. The standard InChI is InChI=1S/C3Cl4FN.5CO.Cr/c1-9-3(7,8)2(4,5)6;5*1-2;. The van der Waals surface area contributed by atoms with Gasteiger partial charge in [0.25, 0.3) is 0 Å². The van der Waals surface area contributed by atoms with Crippen LogP contribution in [0.5, 0.6) is 0 Å². The van der Waals surface area contributed by atoms with E-state index in [1.165, 1.54) is 0 Å². The Morgan fingerprint density at radius 1 is 0.700 bits per heavy atom. The summed E-state index contributed by atoms with van der Waals surface area (Å²) in [7, 11) is 0. The number of alkyl halides is 5. The molecule has 0 aromatic heterocycles. The predicted molar refractivity (Wildman–Crippen MR) is 56.2 cm³/mol. The summed E-state index contributed by atoms with van der Waals surface area (Å²) < 4.78 is 47.4. The van der Waals surface area contributed by atoms with Gasteiger partial charge in [-0.05, 0) is 0 Å². The Hall–Kier alpha value is -0.188. The van der Waals surface area contributed by atoms with E-state index < -0.39 is 9.04 Å². The Balaban J connectivity index is -0.0000000261. The minimum atomic E-state index is -2.96. The molecule has 0 amide bonds. The van der Waals surface area contributed by atoms with Crippen LogP contribution in [0, 0.1) is 39.8 Å². The number of hydrogen-bond acceptors (Lipinski definition) is 0. The third-order valence-electron chi connectivity index (χ3n) is 0.481. The smallest absolute Gasteiger partial charge is 0 e. The molecule has 12 heteroatoms. The molecule has 20 heavy (non-hydrogen) atoms. The van der Waals surface area contributed by atoms with Crippen molar-refractivity contribution in [2.75, 3.05) is 0 Å². The Kier molecular flexibility index (Phi) is 77.7.